The number of imide groups is 1. The molecule has 0 spiro atoms. The molecule has 0 aliphatic rings. The van der Waals surface area contributed by atoms with Gasteiger partial charge in [0.25, 0.3) is 0 Å². The number of hydrogen-bond donors (Lipinski definition) is 3. The molecular weight excluding hydrogens is 324 g/mol. The van der Waals surface area contributed by atoms with Gasteiger partial charge >= 0.3 is 6.03 Å². The molecule has 25 heavy (non-hydrogen) atoms. The maximum absolute atomic E-state index is 12.2. The van der Waals surface area contributed by atoms with Crippen LogP contribution in [0.15, 0.2) is 0 Å². The summed E-state index contributed by atoms with van der Waals surface area (Å²) in [7, 11) is 2.96. The molecule has 2 atom stereocenters. The van der Waals surface area contributed by atoms with Gasteiger partial charge in [0, 0.05) is 20.5 Å². The molecule has 0 aromatic carbocycles. The van der Waals surface area contributed by atoms with E-state index in [4.69, 9.17) is 0 Å². The van der Waals surface area contributed by atoms with E-state index in [1.54, 1.807) is 0 Å². The normalized spacial score (nSPS) is 12.9. The van der Waals surface area contributed by atoms with Crippen LogP contribution < -0.4 is 16.0 Å². The summed E-state index contributed by atoms with van der Waals surface area (Å²) >= 11 is 0. The van der Waals surface area contributed by atoms with Crippen molar-refractivity contribution < 1.29 is 19.2 Å². The van der Waals surface area contributed by atoms with Crippen LogP contribution in [0.1, 0.15) is 53.4 Å². The van der Waals surface area contributed by atoms with Crippen LogP contribution in [-0.4, -0.2) is 54.8 Å². The standard InChI is InChI=1S/C17H32N4O4/c1-7-8-13(16(24)18-5)21(6)17(25)20-15(23)12(4)19-14(22)10-9-11(2)3/h11-13H,7-10H2,1-6H3,(H,18,24)(H,19,22)(H,20,23,25)/t12-,13+/m1/s1. The number of hydrogen-bond acceptors (Lipinski definition) is 4. The van der Waals surface area contributed by atoms with E-state index < -0.39 is 24.0 Å². The molecule has 0 bridgehead atoms. The Kier molecular flexibility index (Phi) is 10.5. The second kappa shape index (κ2) is 11.4. The van der Waals surface area contributed by atoms with Crippen LogP contribution in [0.25, 0.3) is 0 Å². The summed E-state index contributed by atoms with van der Waals surface area (Å²) in [5, 5.41) is 7.30. The molecule has 0 aliphatic carbocycles. The molecule has 0 rings (SSSR count). The first-order valence-electron chi connectivity index (χ1n) is 8.72. The lowest BCUT2D eigenvalue weighted by Gasteiger charge is -2.27. The fourth-order valence-electron chi connectivity index (χ4n) is 2.18. The summed E-state index contributed by atoms with van der Waals surface area (Å²) in [6, 6.07) is -2.16. The van der Waals surface area contributed by atoms with Crippen molar-refractivity contribution in [2.75, 3.05) is 14.1 Å². The Hall–Kier alpha value is -2.12. The molecular formula is C17H32N4O4. The molecule has 0 saturated carbocycles. The zero-order valence-corrected chi connectivity index (χ0v) is 16.1. The lowest BCUT2D eigenvalue weighted by molar-refractivity contribution is -0.128. The van der Waals surface area contributed by atoms with E-state index in [1.807, 2.05) is 20.8 Å². The second-order valence-corrected chi connectivity index (χ2v) is 6.55. The number of carbonyl (C=O) groups excluding carboxylic acids is 4. The van der Waals surface area contributed by atoms with Gasteiger partial charge in [0.15, 0.2) is 0 Å². The second-order valence-electron chi connectivity index (χ2n) is 6.55. The molecule has 8 nitrogen and oxygen atoms in total. The maximum atomic E-state index is 12.2. The molecule has 0 saturated heterocycles. The van der Waals surface area contributed by atoms with Crippen molar-refractivity contribution in [3.05, 3.63) is 0 Å². The highest BCUT2D eigenvalue weighted by molar-refractivity contribution is 5.99. The zero-order valence-electron chi connectivity index (χ0n) is 16.1. The van der Waals surface area contributed by atoms with Crippen LogP contribution in [0.3, 0.4) is 0 Å². The summed E-state index contributed by atoms with van der Waals surface area (Å²) < 4.78 is 0. The Morgan fingerprint density at radius 3 is 2.08 bits per heavy atom. The molecule has 0 fully saturated rings. The van der Waals surface area contributed by atoms with Gasteiger partial charge in [0.05, 0.1) is 0 Å². The van der Waals surface area contributed by atoms with Gasteiger partial charge in [-0.15, -0.1) is 0 Å². The minimum Gasteiger partial charge on any atom is -0.357 e. The van der Waals surface area contributed by atoms with Crippen molar-refractivity contribution in [2.45, 2.75) is 65.5 Å². The Morgan fingerprint density at radius 1 is 1.00 bits per heavy atom. The van der Waals surface area contributed by atoms with Gasteiger partial charge in [-0.3, -0.25) is 19.7 Å². The molecule has 0 aliphatic heterocycles. The highest BCUT2D eigenvalue weighted by Crippen LogP contribution is 2.06. The number of likely N-dealkylation sites (N-methyl/N-ethyl adjacent to an activating group) is 2. The molecule has 144 valence electrons. The third kappa shape index (κ3) is 8.51. The molecule has 0 radical (unpaired) electrons. The number of rotatable bonds is 9. The fourth-order valence-corrected chi connectivity index (χ4v) is 2.18. The lowest BCUT2D eigenvalue weighted by Crippen LogP contribution is -2.54. The first-order valence-corrected chi connectivity index (χ1v) is 8.72. The molecule has 8 heteroatoms. The first-order chi connectivity index (χ1) is 11.6. The minimum absolute atomic E-state index is 0.230. The third-order valence-electron chi connectivity index (χ3n) is 3.85. The van der Waals surface area contributed by atoms with Gasteiger partial charge < -0.3 is 15.5 Å². The zero-order chi connectivity index (χ0) is 19.6. The fraction of sp³-hybridized carbons (Fsp3) is 0.765. The first kappa shape index (κ1) is 22.9. The van der Waals surface area contributed by atoms with Crippen LogP contribution in [0.4, 0.5) is 4.79 Å². The third-order valence-corrected chi connectivity index (χ3v) is 3.85. The smallest absolute Gasteiger partial charge is 0.324 e. The van der Waals surface area contributed by atoms with Crippen molar-refractivity contribution in [3.63, 3.8) is 0 Å². The van der Waals surface area contributed by atoms with Gasteiger partial charge in [-0.25, -0.2) is 4.79 Å². The number of urea groups is 1. The van der Waals surface area contributed by atoms with Gasteiger partial charge in [-0.2, -0.15) is 0 Å². The van der Waals surface area contributed by atoms with Crippen molar-refractivity contribution in [2.24, 2.45) is 5.92 Å². The molecule has 3 N–H and O–H groups in total. The summed E-state index contributed by atoms with van der Waals surface area (Å²) in [5.74, 6) is -0.736. The van der Waals surface area contributed by atoms with Crippen LogP contribution in [0.5, 0.6) is 0 Å². The van der Waals surface area contributed by atoms with E-state index in [1.165, 1.54) is 25.9 Å². The lowest BCUT2D eigenvalue weighted by atomic mass is 10.1. The number of amides is 5. The Morgan fingerprint density at radius 2 is 1.60 bits per heavy atom. The average Bonchev–Trinajstić information content (AvgIpc) is 2.56. The van der Waals surface area contributed by atoms with Gasteiger partial charge in [-0.1, -0.05) is 27.2 Å². The molecule has 0 aromatic heterocycles. The summed E-state index contributed by atoms with van der Waals surface area (Å²) in [6.07, 6.45) is 2.26. The SMILES string of the molecule is CCC[C@@H](C(=O)NC)N(C)C(=O)NC(=O)[C@@H](C)NC(=O)CCC(C)C. The summed E-state index contributed by atoms with van der Waals surface area (Å²) in [5.41, 5.74) is 0. The molecule has 0 unspecified atom stereocenters. The van der Waals surface area contributed by atoms with Crippen LogP contribution >= 0.6 is 0 Å². The highest BCUT2D eigenvalue weighted by Gasteiger charge is 2.27. The number of carbonyl (C=O) groups is 4. The van der Waals surface area contributed by atoms with E-state index in [0.717, 1.165) is 6.42 Å². The van der Waals surface area contributed by atoms with Crippen LogP contribution in [0.2, 0.25) is 0 Å². The molecule has 0 heterocycles. The van der Waals surface area contributed by atoms with Crippen LogP contribution in [-0.2, 0) is 14.4 Å². The van der Waals surface area contributed by atoms with Gasteiger partial charge in [0.1, 0.15) is 12.1 Å². The van der Waals surface area contributed by atoms with E-state index in [9.17, 15) is 19.2 Å². The predicted octanol–water partition coefficient (Wildman–Crippen LogP) is 1.01. The average molecular weight is 356 g/mol. The van der Waals surface area contributed by atoms with E-state index in [2.05, 4.69) is 16.0 Å². The van der Waals surface area contributed by atoms with Crippen molar-refractivity contribution in [1.29, 1.82) is 0 Å². The van der Waals surface area contributed by atoms with E-state index in [0.29, 0.717) is 25.2 Å². The van der Waals surface area contributed by atoms with Crippen molar-refractivity contribution in [1.82, 2.24) is 20.9 Å². The van der Waals surface area contributed by atoms with E-state index in [-0.39, 0.29) is 11.8 Å². The van der Waals surface area contributed by atoms with Crippen molar-refractivity contribution in [3.8, 4) is 0 Å². The quantitative estimate of drug-likeness (QED) is 0.573. The molecule has 5 amide bonds. The van der Waals surface area contributed by atoms with Gasteiger partial charge in [-0.05, 0) is 25.7 Å². The van der Waals surface area contributed by atoms with Crippen molar-refractivity contribution >= 4 is 23.8 Å². The topological polar surface area (TPSA) is 108 Å². The monoisotopic (exact) mass is 356 g/mol. The predicted molar refractivity (Wildman–Crippen MR) is 95.7 cm³/mol. The maximum Gasteiger partial charge on any atom is 0.324 e. The number of nitrogens with one attached hydrogen (secondary N) is 3. The summed E-state index contributed by atoms with van der Waals surface area (Å²) in [4.78, 5) is 49.1. The number of nitrogens with zero attached hydrogens (tertiary/aromatic N) is 1. The molecule has 0 aromatic rings. The van der Waals surface area contributed by atoms with Gasteiger partial charge in [0.2, 0.25) is 17.7 Å². The summed E-state index contributed by atoms with van der Waals surface area (Å²) in [6.45, 7) is 7.44. The minimum atomic E-state index is -0.832. The van der Waals surface area contributed by atoms with E-state index >= 15 is 0 Å². The van der Waals surface area contributed by atoms with Crippen LogP contribution in [0, 0.1) is 5.92 Å². The Balaban J connectivity index is 4.62. The largest absolute Gasteiger partial charge is 0.357 e. The Bertz CT molecular complexity index is 479. The Labute approximate surface area is 150 Å². The highest BCUT2D eigenvalue weighted by atomic mass is 16.2.